The van der Waals surface area contributed by atoms with Gasteiger partial charge in [0, 0.05) is 24.2 Å². The van der Waals surface area contributed by atoms with E-state index in [-0.39, 0.29) is 11.6 Å². The van der Waals surface area contributed by atoms with Crippen molar-refractivity contribution in [2.45, 2.75) is 64.6 Å². The first kappa shape index (κ1) is 16.9. The fraction of sp³-hybridized carbons (Fsp3) is 1.00. The maximum atomic E-state index is 11.6. The van der Waals surface area contributed by atoms with Gasteiger partial charge in [-0.15, -0.1) is 0 Å². The molecule has 2 unspecified atom stereocenters. The van der Waals surface area contributed by atoms with E-state index in [1.165, 1.54) is 0 Å². The van der Waals surface area contributed by atoms with E-state index >= 15 is 0 Å². The van der Waals surface area contributed by atoms with Crippen LogP contribution >= 0.6 is 0 Å². The smallest absolute Gasteiger partial charge is 0.151 e. The molecule has 1 rings (SSSR count). The van der Waals surface area contributed by atoms with Crippen molar-refractivity contribution in [3.05, 3.63) is 0 Å². The molecule has 0 aromatic rings. The van der Waals surface area contributed by atoms with E-state index in [2.05, 4.69) is 45.0 Å². The maximum absolute atomic E-state index is 11.6. The normalized spacial score (nSPS) is 24.8. The van der Waals surface area contributed by atoms with E-state index in [9.17, 15) is 8.42 Å². The lowest BCUT2D eigenvalue weighted by Crippen LogP contribution is -2.49. The number of nitrogens with one attached hydrogen (secondary N) is 1. The zero-order chi connectivity index (χ0) is 14.7. The van der Waals surface area contributed by atoms with E-state index < -0.39 is 9.84 Å². The van der Waals surface area contributed by atoms with Crippen LogP contribution in [0.4, 0.5) is 0 Å². The molecule has 0 aliphatic carbocycles. The third kappa shape index (κ3) is 5.79. The topological polar surface area (TPSA) is 49.4 Å². The summed E-state index contributed by atoms with van der Waals surface area (Å²) >= 11 is 0. The summed E-state index contributed by atoms with van der Waals surface area (Å²) in [5, 5.41) is 3.54. The number of hydrogen-bond donors (Lipinski definition) is 1. The number of likely N-dealkylation sites (N-methyl/N-ethyl adjacent to an activating group) is 1. The molecule has 114 valence electrons. The highest BCUT2D eigenvalue weighted by molar-refractivity contribution is 7.91. The average molecular weight is 290 g/mol. The molecule has 0 radical (unpaired) electrons. The Morgan fingerprint density at radius 1 is 1.37 bits per heavy atom. The number of hydrogen-bond acceptors (Lipinski definition) is 4. The third-order valence-corrected chi connectivity index (χ3v) is 5.60. The van der Waals surface area contributed by atoms with E-state index in [0.29, 0.717) is 17.5 Å². The van der Waals surface area contributed by atoms with Crippen molar-refractivity contribution in [1.82, 2.24) is 10.2 Å². The molecule has 0 amide bonds. The lowest BCUT2D eigenvalue weighted by molar-refractivity contribution is 0.165. The summed E-state index contributed by atoms with van der Waals surface area (Å²) in [6.07, 6.45) is 3.02. The second kappa shape index (κ2) is 6.55. The molecule has 1 aliphatic heterocycles. The van der Waals surface area contributed by atoms with Crippen molar-refractivity contribution in [2.75, 3.05) is 25.1 Å². The van der Waals surface area contributed by atoms with Crippen LogP contribution in [0.2, 0.25) is 0 Å². The zero-order valence-corrected chi connectivity index (χ0v) is 13.9. The summed E-state index contributed by atoms with van der Waals surface area (Å²) in [5.74, 6) is 0.687. The first-order chi connectivity index (χ1) is 8.64. The van der Waals surface area contributed by atoms with Gasteiger partial charge in [0.1, 0.15) is 0 Å². The van der Waals surface area contributed by atoms with Gasteiger partial charge in [0.25, 0.3) is 0 Å². The highest BCUT2D eigenvalue weighted by Crippen LogP contribution is 2.20. The van der Waals surface area contributed by atoms with Crippen LogP contribution in [0.3, 0.4) is 0 Å². The van der Waals surface area contributed by atoms with E-state index in [0.717, 1.165) is 25.8 Å². The lowest BCUT2D eigenvalue weighted by atomic mass is 10.0. The SMILES string of the molecule is CCCC(CNC(C)(C)C)N(C)C1CCS(=O)(=O)C1. The second-order valence-electron chi connectivity index (χ2n) is 6.80. The van der Waals surface area contributed by atoms with Crippen LogP contribution in [-0.4, -0.2) is 56.0 Å². The summed E-state index contributed by atoms with van der Waals surface area (Å²) in [5.41, 5.74) is 0.106. The van der Waals surface area contributed by atoms with Gasteiger partial charge in [-0.2, -0.15) is 0 Å². The van der Waals surface area contributed by atoms with Gasteiger partial charge in [-0.25, -0.2) is 8.42 Å². The monoisotopic (exact) mass is 290 g/mol. The Balaban J connectivity index is 2.60. The van der Waals surface area contributed by atoms with Crippen molar-refractivity contribution in [3.63, 3.8) is 0 Å². The highest BCUT2D eigenvalue weighted by atomic mass is 32.2. The van der Waals surface area contributed by atoms with Crippen LogP contribution in [0.25, 0.3) is 0 Å². The summed E-state index contributed by atoms with van der Waals surface area (Å²) in [7, 11) is -0.715. The van der Waals surface area contributed by atoms with Gasteiger partial charge < -0.3 is 5.32 Å². The van der Waals surface area contributed by atoms with Crippen LogP contribution in [0.15, 0.2) is 0 Å². The second-order valence-corrected chi connectivity index (χ2v) is 9.02. The van der Waals surface area contributed by atoms with Gasteiger partial charge in [0.2, 0.25) is 0 Å². The van der Waals surface area contributed by atoms with E-state index in [1.54, 1.807) is 0 Å². The Labute approximate surface area is 118 Å². The Kier molecular flexibility index (Phi) is 5.83. The quantitative estimate of drug-likeness (QED) is 0.808. The fourth-order valence-electron chi connectivity index (χ4n) is 2.60. The molecule has 19 heavy (non-hydrogen) atoms. The molecule has 1 aliphatic rings. The third-order valence-electron chi connectivity index (χ3n) is 3.85. The molecule has 0 saturated carbocycles. The molecule has 4 nitrogen and oxygen atoms in total. The minimum absolute atomic E-state index is 0.106. The summed E-state index contributed by atoms with van der Waals surface area (Å²) in [6, 6.07) is 0.617. The van der Waals surface area contributed by atoms with Gasteiger partial charge in [0.05, 0.1) is 11.5 Å². The molecule has 0 bridgehead atoms. The van der Waals surface area contributed by atoms with Crippen molar-refractivity contribution in [2.24, 2.45) is 0 Å². The average Bonchev–Trinajstić information content (AvgIpc) is 2.63. The van der Waals surface area contributed by atoms with E-state index in [1.807, 2.05) is 0 Å². The van der Waals surface area contributed by atoms with E-state index in [4.69, 9.17) is 0 Å². The first-order valence-electron chi connectivity index (χ1n) is 7.32. The number of rotatable bonds is 6. The Morgan fingerprint density at radius 3 is 2.42 bits per heavy atom. The minimum atomic E-state index is -2.79. The molecule has 1 saturated heterocycles. The Hall–Kier alpha value is -0.130. The van der Waals surface area contributed by atoms with Crippen molar-refractivity contribution in [1.29, 1.82) is 0 Å². The fourth-order valence-corrected chi connectivity index (χ4v) is 4.39. The molecule has 0 aromatic carbocycles. The summed E-state index contributed by atoms with van der Waals surface area (Å²) in [4.78, 5) is 2.28. The summed E-state index contributed by atoms with van der Waals surface area (Å²) in [6.45, 7) is 9.59. The standard InChI is InChI=1S/C14H30N2O2S/c1-6-7-12(10-15-14(2,3)4)16(5)13-8-9-19(17,18)11-13/h12-13,15H,6-11H2,1-5H3. The summed E-state index contributed by atoms with van der Waals surface area (Å²) < 4.78 is 23.2. The molecular formula is C14H30N2O2S. The van der Waals surface area contributed by atoms with Crippen molar-refractivity contribution >= 4 is 9.84 Å². The predicted molar refractivity (Wildman–Crippen MR) is 81.3 cm³/mol. The van der Waals surface area contributed by atoms with Gasteiger partial charge in [-0.3, -0.25) is 4.90 Å². The van der Waals surface area contributed by atoms with Gasteiger partial charge in [0.15, 0.2) is 9.84 Å². The van der Waals surface area contributed by atoms with Crippen LogP contribution < -0.4 is 5.32 Å². The van der Waals surface area contributed by atoms with Crippen molar-refractivity contribution in [3.8, 4) is 0 Å². The maximum Gasteiger partial charge on any atom is 0.151 e. The molecule has 1 heterocycles. The molecule has 0 aromatic heterocycles. The van der Waals surface area contributed by atoms with Crippen LogP contribution in [0.1, 0.15) is 47.0 Å². The van der Waals surface area contributed by atoms with Crippen LogP contribution in [0, 0.1) is 0 Å². The molecule has 1 fully saturated rings. The van der Waals surface area contributed by atoms with Gasteiger partial charge >= 0.3 is 0 Å². The highest BCUT2D eigenvalue weighted by Gasteiger charge is 2.33. The van der Waals surface area contributed by atoms with Crippen LogP contribution in [-0.2, 0) is 9.84 Å². The molecular weight excluding hydrogens is 260 g/mol. The minimum Gasteiger partial charge on any atom is -0.311 e. The number of nitrogens with zero attached hydrogens (tertiary/aromatic N) is 1. The zero-order valence-electron chi connectivity index (χ0n) is 13.1. The van der Waals surface area contributed by atoms with Crippen LogP contribution in [0.5, 0.6) is 0 Å². The molecule has 5 heteroatoms. The molecule has 0 spiro atoms. The molecule has 2 atom stereocenters. The first-order valence-corrected chi connectivity index (χ1v) is 9.14. The largest absolute Gasteiger partial charge is 0.311 e. The van der Waals surface area contributed by atoms with Gasteiger partial charge in [-0.05, 0) is 40.7 Å². The van der Waals surface area contributed by atoms with Gasteiger partial charge in [-0.1, -0.05) is 13.3 Å². The lowest BCUT2D eigenvalue weighted by Gasteiger charge is -2.34. The Morgan fingerprint density at radius 2 is 2.00 bits per heavy atom. The predicted octanol–water partition coefficient (Wildman–Crippen LogP) is 1.66. The molecule has 1 N–H and O–H groups in total. The van der Waals surface area contributed by atoms with Crippen molar-refractivity contribution < 1.29 is 8.42 Å². The number of sulfone groups is 1. The Bertz CT molecular complexity index is 373.